The topological polar surface area (TPSA) is 85.2 Å². The summed E-state index contributed by atoms with van der Waals surface area (Å²) in [6.07, 6.45) is -3.09. The SMILES string of the molecule is COC(=O)C(O)C(O)c1ccc(OCc2ccccc2)c(OC)c1. The van der Waals surface area contributed by atoms with Crippen LogP contribution >= 0.6 is 0 Å². The van der Waals surface area contributed by atoms with Crippen LogP contribution in [0, 0.1) is 0 Å². The number of esters is 1. The van der Waals surface area contributed by atoms with Gasteiger partial charge in [0.2, 0.25) is 0 Å². The zero-order valence-corrected chi connectivity index (χ0v) is 13.5. The van der Waals surface area contributed by atoms with E-state index in [4.69, 9.17) is 9.47 Å². The summed E-state index contributed by atoms with van der Waals surface area (Å²) in [5.41, 5.74) is 1.32. The maximum Gasteiger partial charge on any atom is 0.337 e. The van der Waals surface area contributed by atoms with E-state index in [0.29, 0.717) is 23.7 Å². The van der Waals surface area contributed by atoms with Gasteiger partial charge in [0.05, 0.1) is 14.2 Å². The molecule has 128 valence electrons. The zero-order chi connectivity index (χ0) is 17.5. The van der Waals surface area contributed by atoms with E-state index in [0.717, 1.165) is 12.7 Å². The van der Waals surface area contributed by atoms with E-state index in [-0.39, 0.29) is 0 Å². The Labute approximate surface area is 140 Å². The number of aliphatic hydroxyl groups is 2. The Hall–Kier alpha value is -2.57. The number of ether oxygens (including phenoxy) is 3. The Kier molecular flexibility index (Phi) is 6.17. The van der Waals surface area contributed by atoms with Gasteiger partial charge in [-0.05, 0) is 23.3 Å². The molecule has 0 aliphatic rings. The molecule has 2 atom stereocenters. The number of hydrogen-bond acceptors (Lipinski definition) is 6. The quantitative estimate of drug-likeness (QED) is 0.753. The van der Waals surface area contributed by atoms with Crippen molar-refractivity contribution in [2.45, 2.75) is 18.8 Å². The van der Waals surface area contributed by atoms with Crippen LogP contribution in [0.2, 0.25) is 0 Å². The molecule has 0 saturated heterocycles. The second kappa shape index (κ2) is 8.33. The van der Waals surface area contributed by atoms with Gasteiger partial charge in [0.1, 0.15) is 12.7 Å². The molecule has 6 nitrogen and oxygen atoms in total. The van der Waals surface area contributed by atoms with Crippen LogP contribution in [0.5, 0.6) is 11.5 Å². The minimum Gasteiger partial charge on any atom is -0.493 e. The van der Waals surface area contributed by atoms with Crippen LogP contribution in [0.4, 0.5) is 0 Å². The van der Waals surface area contributed by atoms with Crippen LogP contribution in [-0.2, 0) is 16.1 Å². The molecule has 0 aliphatic carbocycles. The van der Waals surface area contributed by atoms with Gasteiger partial charge in [-0.2, -0.15) is 0 Å². The fraction of sp³-hybridized carbons (Fsp3) is 0.278. The molecule has 2 unspecified atom stereocenters. The van der Waals surface area contributed by atoms with Gasteiger partial charge in [0.15, 0.2) is 17.6 Å². The number of carbonyl (C=O) groups is 1. The lowest BCUT2D eigenvalue weighted by atomic mass is 10.0. The molecule has 24 heavy (non-hydrogen) atoms. The van der Waals surface area contributed by atoms with Crippen LogP contribution in [0.25, 0.3) is 0 Å². The summed E-state index contributed by atoms with van der Waals surface area (Å²) in [7, 11) is 2.61. The summed E-state index contributed by atoms with van der Waals surface area (Å²) >= 11 is 0. The molecule has 2 rings (SSSR count). The molecule has 0 saturated carbocycles. The standard InChI is InChI=1S/C18H20O6/c1-22-15-10-13(16(19)17(20)18(21)23-2)8-9-14(15)24-11-12-6-4-3-5-7-12/h3-10,16-17,19-20H,11H2,1-2H3. The fourth-order valence-corrected chi connectivity index (χ4v) is 2.15. The molecule has 2 aromatic rings. The van der Waals surface area contributed by atoms with Crippen molar-refractivity contribution in [3.8, 4) is 11.5 Å². The number of aliphatic hydroxyl groups excluding tert-OH is 2. The molecule has 0 aromatic heterocycles. The Morgan fingerprint density at radius 1 is 1.04 bits per heavy atom. The molecule has 0 fully saturated rings. The van der Waals surface area contributed by atoms with E-state index < -0.39 is 18.2 Å². The van der Waals surface area contributed by atoms with Gasteiger partial charge < -0.3 is 24.4 Å². The van der Waals surface area contributed by atoms with Crippen LogP contribution in [0.1, 0.15) is 17.2 Å². The lowest BCUT2D eigenvalue weighted by Gasteiger charge is -2.18. The first-order valence-corrected chi connectivity index (χ1v) is 7.35. The molecule has 0 spiro atoms. The van der Waals surface area contributed by atoms with Gasteiger partial charge in [-0.3, -0.25) is 0 Å². The summed E-state index contributed by atoms with van der Waals surface area (Å²) < 4.78 is 15.4. The minimum absolute atomic E-state index is 0.316. The Bertz CT molecular complexity index is 670. The highest BCUT2D eigenvalue weighted by molar-refractivity contribution is 5.75. The van der Waals surface area contributed by atoms with Gasteiger partial charge in [-0.15, -0.1) is 0 Å². The fourth-order valence-electron chi connectivity index (χ4n) is 2.15. The highest BCUT2D eigenvalue weighted by atomic mass is 16.5. The average Bonchev–Trinajstić information content (AvgIpc) is 2.65. The smallest absolute Gasteiger partial charge is 0.337 e. The monoisotopic (exact) mass is 332 g/mol. The third-order valence-corrected chi connectivity index (χ3v) is 3.51. The van der Waals surface area contributed by atoms with Gasteiger partial charge in [-0.25, -0.2) is 4.79 Å². The summed E-state index contributed by atoms with van der Waals surface area (Å²) in [6.45, 7) is 0.365. The largest absolute Gasteiger partial charge is 0.493 e. The van der Waals surface area contributed by atoms with Crippen molar-refractivity contribution in [1.82, 2.24) is 0 Å². The predicted molar refractivity (Wildman–Crippen MR) is 86.8 cm³/mol. The molecule has 2 aromatic carbocycles. The van der Waals surface area contributed by atoms with Gasteiger partial charge in [0, 0.05) is 0 Å². The zero-order valence-electron chi connectivity index (χ0n) is 13.5. The van der Waals surface area contributed by atoms with E-state index in [9.17, 15) is 15.0 Å². The molecule has 0 radical (unpaired) electrons. The van der Waals surface area contributed by atoms with Gasteiger partial charge in [-0.1, -0.05) is 36.4 Å². The summed E-state index contributed by atoms with van der Waals surface area (Å²) in [6, 6.07) is 14.3. The number of hydrogen-bond donors (Lipinski definition) is 2. The second-order valence-electron chi connectivity index (χ2n) is 5.10. The highest BCUT2D eigenvalue weighted by Gasteiger charge is 2.27. The Morgan fingerprint density at radius 2 is 1.75 bits per heavy atom. The summed E-state index contributed by atoms with van der Waals surface area (Å²) in [4.78, 5) is 11.3. The molecular weight excluding hydrogens is 312 g/mol. The third-order valence-electron chi connectivity index (χ3n) is 3.51. The molecule has 6 heteroatoms. The van der Waals surface area contributed by atoms with E-state index >= 15 is 0 Å². The lowest BCUT2D eigenvalue weighted by molar-refractivity contribution is -0.156. The first-order chi connectivity index (χ1) is 11.6. The van der Waals surface area contributed by atoms with Crippen molar-refractivity contribution in [1.29, 1.82) is 0 Å². The average molecular weight is 332 g/mol. The normalized spacial score (nSPS) is 13.0. The van der Waals surface area contributed by atoms with E-state index in [1.807, 2.05) is 30.3 Å². The van der Waals surface area contributed by atoms with Crippen molar-refractivity contribution in [3.63, 3.8) is 0 Å². The molecule has 0 aliphatic heterocycles. The van der Waals surface area contributed by atoms with Crippen LogP contribution in [0.15, 0.2) is 48.5 Å². The highest BCUT2D eigenvalue weighted by Crippen LogP contribution is 2.32. The first kappa shape index (κ1) is 17.8. The van der Waals surface area contributed by atoms with Gasteiger partial charge in [0.25, 0.3) is 0 Å². The Balaban J connectivity index is 2.13. The van der Waals surface area contributed by atoms with Crippen molar-refractivity contribution in [3.05, 3.63) is 59.7 Å². The van der Waals surface area contributed by atoms with E-state index in [2.05, 4.69) is 4.74 Å². The molecule has 0 amide bonds. The summed E-state index contributed by atoms with van der Waals surface area (Å²) in [5.74, 6) is -0.0321. The van der Waals surface area contributed by atoms with Gasteiger partial charge >= 0.3 is 5.97 Å². The number of methoxy groups -OCH3 is 2. The maximum absolute atomic E-state index is 11.3. The minimum atomic E-state index is -1.67. The molecule has 0 heterocycles. The number of carbonyl (C=O) groups excluding carboxylic acids is 1. The molecule has 0 bridgehead atoms. The first-order valence-electron chi connectivity index (χ1n) is 7.35. The maximum atomic E-state index is 11.3. The van der Waals surface area contributed by atoms with Crippen molar-refractivity contribution < 1.29 is 29.2 Å². The summed E-state index contributed by atoms with van der Waals surface area (Å²) in [5, 5.41) is 19.8. The number of benzene rings is 2. The lowest BCUT2D eigenvalue weighted by Crippen LogP contribution is -2.29. The van der Waals surface area contributed by atoms with Crippen LogP contribution in [0.3, 0.4) is 0 Å². The third kappa shape index (κ3) is 4.24. The second-order valence-corrected chi connectivity index (χ2v) is 5.10. The predicted octanol–water partition coefficient (Wildman–Crippen LogP) is 1.84. The molecule has 2 N–H and O–H groups in total. The van der Waals surface area contributed by atoms with Crippen LogP contribution in [-0.4, -0.2) is 36.5 Å². The Morgan fingerprint density at radius 3 is 2.38 bits per heavy atom. The number of rotatable bonds is 7. The van der Waals surface area contributed by atoms with Crippen molar-refractivity contribution >= 4 is 5.97 Å². The van der Waals surface area contributed by atoms with E-state index in [1.165, 1.54) is 13.2 Å². The van der Waals surface area contributed by atoms with E-state index in [1.54, 1.807) is 12.1 Å². The molecular formula is C18H20O6. The van der Waals surface area contributed by atoms with Crippen molar-refractivity contribution in [2.24, 2.45) is 0 Å². The van der Waals surface area contributed by atoms with Crippen LogP contribution < -0.4 is 9.47 Å². The van der Waals surface area contributed by atoms with Crippen molar-refractivity contribution in [2.75, 3.05) is 14.2 Å².